The summed E-state index contributed by atoms with van der Waals surface area (Å²) in [6, 6.07) is 1.81. The molecule has 102 valence electrons. The third-order valence-electron chi connectivity index (χ3n) is 2.52. The predicted molar refractivity (Wildman–Crippen MR) is 68.9 cm³/mol. The van der Waals surface area contributed by atoms with E-state index in [0.717, 1.165) is 12.4 Å². The Bertz CT molecular complexity index is 345. The smallest absolute Gasteiger partial charge is 0.218 e. The van der Waals surface area contributed by atoms with Crippen LogP contribution in [0, 0.1) is 0 Å². The molecule has 0 bridgehead atoms. The molecule has 0 saturated carbocycles. The molecule has 0 saturated heterocycles. The molecule has 6 heteroatoms. The van der Waals surface area contributed by atoms with Gasteiger partial charge in [-0.3, -0.25) is 0 Å². The van der Waals surface area contributed by atoms with Crippen molar-refractivity contribution in [3.05, 3.63) is 12.4 Å². The zero-order chi connectivity index (χ0) is 13.4. The van der Waals surface area contributed by atoms with Gasteiger partial charge < -0.3 is 19.1 Å². The van der Waals surface area contributed by atoms with Crippen LogP contribution in [0.1, 0.15) is 13.8 Å². The topological polar surface area (TPSA) is 56.7 Å². The van der Waals surface area contributed by atoms with Gasteiger partial charge in [-0.2, -0.15) is 0 Å². The van der Waals surface area contributed by atoms with Crippen LogP contribution < -0.4 is 9.64 Å². The molecule has 0 atom stereocenters. The molecule has 0 aliphatic heterocycles. The standard InChI is InChI=1S/C12H21N3O3/c1-5-15(8-12(16-3)17-4)10-7-11(18-6-2)14-9-13-10/h7,9,12H,5-6,8H2,1-4H3. The van der Waals surface area contributed by atoms with Crippen molar-refractivity contribution in [2.24, 2.45) is 0 Å². The van der Waals surface area contributed by atoms with Crippen LogP contribution >= 0.6 is 0 Å². The van der Waals surface area contributed by atoms with Crippen LogP contribution in [-0.4, -0.2) is 50.2 Å². The first kappa shape index (κ1) is 14.7. The zero-order valence-corrected chi connectivity index (χ0v) is 11.4. The molecule has 1 aromatic heterocycles. The lowest BCUT2D eigenvalue weighted by Crippen LogP contribution is -2.35. The van der Waals surface area contributed by atoms with E-state index in [2.05, 4.69) is 9.97 Å². The second kappa shape index (κ2) is 7.84. The van der Waals surface area contributed by atoms with Crippen molar-refractivity contribution in [1.82, 2.24) is 9.97 Å². The minimum atomic E-state index is -0.282. The van der Waals surface area contributed by atoms with E-state index in [1.807, 2.05) is 24.8 Å². The van der Waals surface area contributed by atoms with Gasteiger partial charge in [-0.1, -0.05) is 0 Å². The summed E-state index contributed by atoms with van der Waals surface area (Å²) in [5.41, 5.74) is 0. The number of aromatic nitrogens is 2. The summed E-state index contributed by atoms with van der Waals surface area (Å²) in [6.07, 6.45) is 1.22. The highest BCUT2D eigenvalue weighted by Gasteiger charge is 2.14. The molecule has 1 rings (SSSR count). The van der Waals surface area contributed by atoms with E-state index < -0.39 is 0 Å². The maximum absolute atomic E-state index is 5.36. The number of rotatable bonds is 8. The first-order chi connectivity index (χ1) is 8.74. The predicted octanol–water partition coefficient (Wildman–Crippen LogP) is 1.32. The normalized spacial score (nSPS) is 10.7. The summed E-state index contributed by atoms with van der Waals surface area (Å²) in [5.74, 6) is 1.38. The third kappa shape index (κ3) is 4.12. The van der Waals surface area contributed by atoms with E-state index in [9.17, 15) is 0 Å². The molecule has 0 radical (unpaired) electrons. The number of ether oxygens (including phenoxy) is 3. The molecule has 1 heterocycles. The summed E-state index contributed by atoms with van der Waals surface area (Å²) in [5, 5.41) is 0. The highest BCUT2D eigenvalue weighted by molar-refractivity contribution is 5.40. The van der Waals surface area contributed by atoms with Gasteiger partial charge in [0.2, 0.25) is 5.88 Å². The van der Waals surface area contributed by atoms with Crippen molar-refractivity contribution >= 4 is 5.82 Å². The van der Waals surface area contributed by atoms with E-state index in [4.69, 9.17) is 14.2 Å². The van der Waals surface area contributed by atoms with Gasteiger partial charge in [-0.25, -0.2) is 9.97 Å². The fourth-order valence-electron chi connectivity index (χ4n) is 1.54. The van der Waals surface area contributed by atoms with E-state index >= 15 is 0 Å². The molecular weight excluding hydrogens is 234 g/mol. The SMILES string of the molecule is CCOc1cc(N(CC)CC(OC)OC)ncn1. The summed E-state index contributed by atoms with van der Waals surface area (Å²) in [6.45, 7) is 5.95. The minimum Gasteiger partial charge on any atom is -0.478 e. The van der Waals surface area contributed by atoms with E-state index in [1.54, 1.807) is 14.2 Å². The van der Waals surface area contributed by atoms with Crippen LogP contribution in [0.15, 0.2) is 12.4 Å². The van der Waals surface area contributed by atoms with Gasteiger partial charge in [-0.05, 0) is 13.8 Å². The van der Waals surface area contributed by atoms with Crippen molar-refractivity contribution < 1.29 is 14.2 Å². The molecule has 0 unspecified atom stereocenters. The van der Waals surface area contributed by atoms with Crippen molar-refractivity contribution in [1.29, 1.82) is 0 Å². The quantitative estimate of drug-likeness (QED) is 0.653. The van der Waals surface area contributed by atoms with Gasteiger partial charge in [-0.15, -0.1) is 0 Å². The second-order valence-corrected chi connectivity index (χ2v) is 3.59. The Labute approximate surface area is 108 Å². The molecule has 6 nitrogen and oxygen atoms in total. The molecule has 18 heavy (non-hydrogen) atoms. The van der Waals surface area contributed by atoms with E-state index in [0.29, 0.717) is 19.0 Å². The highest BCUT2D eigenvalue weighted by Crippen LogP contribution is 2.16. The Morgan fingerprint density at radius 1 is 1.22 bits per heavy atom. The first-order valence-electron chi connectivity index (χ1n) is 6.00. The van der Waals surface area contributed by atoms with Gasteiger partial charge >= 0.3 is 0 Å². The summed E-state index contributed by atoms with van der Waals surface area (Å²) < 4.78 is 15.7. The van der Waals surface area contributed by atoms with Crippen LogP contribution in [0.2, 0.25) is 0 Å². The number of likely N-dealkylation sites (N-methyl/N-ethyl adjacent to an activating group) is 1. The molecule has 0 aliphatic carbocycles. The van der Waals surface area contributed by atoms with E-state index in [1.165, 1.54) is 6.33 Å². The molecule has 0 fully saturated rings. The van der Waals surface area contributed by atoms with Crippen LogP contribution in [0.25, 0.3) is 0 Å². The molecule has 0 spiro atoms. The Balaban J connectivity index is 2.77. The van der Waals surface area contributed by atoms with Gasteiger partial charge in [0.15, 0.2) is 6.29 Å². The third-order valence-corrected chi connectivity index (χ3v) is 2.52. The maximum Gasteiger partial charge on any atom is 0.218 e. The Morgan fingerprint density at radius 3 is 2.50 bits per heavy atom. The number of hydrogen-bond donors (Lipinski definition) is 0. The fraction of sp³-hybridized carbons (Fsp3) is 0.667. The van der Waals surface area contributed by atoms with Crippen LogP contribution in [0.4, 0.5) is 5.82 Å². The second-order valence-electron chi connectivity index (χ2n) is 3.59. The number of methoxy groups -OCH3 is 2. The summed E-state index contributed by atoms with van der Waals surface area (Å²) in [7, 11) is 3.24. The first-order valence-corrected chi connectivity index (χ1v) is 6.00. The molecular formula is C12H21N3O3. The largest absolute Gasteiger partial charge is 0.478 e. The van der Waals surface area contributed by atoms with Crippen molar-refractivity contribution in [2.45, 2.75) is 20.1 Å². The maximum atomic E-state index is 5.36. The van der Waals surface area contributed by atoms with Crippen LogP contribution in [0.5, 0.6) is 5.88 Å². The zero-order valence-electron chi connectivity index (χ0n) is 11.4. The van der Waals surface area contributed by atoms with Crippen LogP contribution in [-0.2, 0) is 9.47 Å². The Kier molecular flexibility index (Phi) is 6.38. The van der Waals surface area contributed by atoms with Gasteiger partial charge in [0.25, 0.3) is 0 Å². The van der Waals surface area contributed by atoms with Gasteiger partial charge in [0.1, 0.15) is 12.1 Å². The minimum absolute atomic E-state index is 0.282. The Morgan fingerprint density at radius 2 is 1.94 bits per heavy atom. The lowest BCUT2D eigenvalue weighted by Gasteiger charge is -2.25. The molecule has 0 aliphatic rings. The van der Waals surface area contributed by atoms with Crippen molar-refractivity contribution in [2.75, 3.05) is 38.8 Å². The highest BCUT2D eigenvalue weighted by atomic mass is 16.7. The lowest BCUT2D eigenvalue weighted by molar-refractivity contribution is -0.0949. The Hall–Kier alpha value is -1.40. The van der Waals surface area contributed by atoms with Crippen molar-refractivity contribution in [3.8, 4) is 5.88 Å². The lowest BCUT2D eigenvalue weighted by atomic mass is 10.4. The summed E-state index contributed by atoms with van der Waals surface area (Å²) in [4.78, 5) is 10.3. The average molecular weight is 255 g/mol. The van der Waals surface area contributed by atoms with E-state index in [-0.39, 0.29) is 6.29 Å². The molecule has 0 amide bonds. The fourth-order valence-corrected chi connectivity index (χ4v) is 1.54. The number of anilines is 1. The molecule has 0 N–H and O–H groups in total. The van der Waals surface area contributed by atoms with Crippen LogP contribution in [0.3, 0.4) is 0 Å². The molecule has 1 aromatic rings. The molecule has 0 aromatic carbocycles. The van der Waals surface area contributed by atoms with Gasteiger partial charge in [0, 0.05) is 26.8 Å². The number of nitrogens with zero attached hydrogens (tertiary/aromatic N) is 3. The van der Waals surface area contributed by atoms with Crippen molar-refractivity contribution in [3.63, 3.8) is 0 Å². The average Bonchev–Trinajstić information content (AvgIpc) is 2.41. The van der Waals surface area contributed by atoms with Gasteiger partial charge in [0.05, 0.1) is 13.2 Å². The summed E-state index contributed by atoms with van der Waals surface area (Å²) >= 11 is 0. The monoisotopic (exact) mass is 255 g/mol. The number of hydrogen-bond acceptors (Lipinski definition) is 6.